The molecule has 0 aliphatic heterocycles. The number of thiophene rings is 1. The van der Waals surface area contributed by atoms with E-state index in [0.29, 0.717) is 0 Å². The zero-order valence-corrected chi connectivity index (χ0v) is 11.7. The lowest BCUT2D eigenvalue weighted by atomic mass is 10.2. The van der Waals surface area contributed by atoms with Gasteiger partial charge in [-0.25, -0.2) is 0 Å². The lowest BCUT2D eigenvalue weighted by Gasteiger charge is -2.21. The van der Waals surface area contributed by atoms with Crippen LogP contribution >= 0.6 is 11.3 Å². The van der Waals surface area contributed by atoms with Gasteiger partial charge in [-0.2, -0.15) is 11.3 Å². The highest BCUT2D eigenvalue weighted by molar-refractivity contribution is 7.07. The van der Waals surface area contributed by atoms with Gasteiger partial charge in [0.15, 0.2) is 0 Å². The average Bonchev–Trinajstić information content (AvgIpc) is 2.89. The van der Waals surface area contributed by atoms with Crippen molar-refractivity contribution >= 4 is 17.0 Å². The highest BCUT2D eigenvalue weighted by Gasteiger charge is 2.07. The lowest BCUT2D eigenvalue weighted by Crippen LogP contribution is -2.20. The van der Waals surface area contributed by atoms with Crippen molar-refractivity contribution in [2.75, 3.05) is 18.5 Å². The molecule has 3 nitrogen and oxygen atoms in total. The zero-order valence-electron chi connectivity index (χ0n) is 10.9. The quantitative estimate of drug-likeness (QED) is 0.866. The predicted molar refractivity (Wildman–Crippen MR) is 78.0 cm³/mol. The van der Waals surface area contributed by atoms with E-state index in [0.717, 1.165) is 19.6 Å². The number of nitrogens with zero attached hydrogens (tertiary/aromatic N) is 2. The average molecular weight is 261 g/mol. The maximum Gasteiger partial charge on any atom is 0.0443 e. The number of rotatable bonds is 6. The fraction of sp³-hybridized carbons (Fsp3) is 0.357. The Morgan fingerprint density at radius 2 is 2.28 bits per heavy atom. The molecule has 2 rings (SSSR count). The molecule has 0 aromatic carbocycles. The summed E-state index contributed by atoms with van der Waals surface area (Å²) in [5.74, 6) is 0. The van der Waals surface area contributed by atoms with E-state index >= 15 is 0 Å². The van der Waals surface area contributed by atoms with Gasteiger partial charge in [0, 0.05) is 43.8 Å². The van der Waals surface area contributed by atoms with Gasteiger partial charge in [0.2, 0.25) is 0 Å². The molecule has 2 aromatic heterocycles. The predicted octanol–water partition coefficient (Wildman–Crippen LogP) is 2.89. The molecular formula is C14H19N3S. The van der Waals surface area contributed by atoms with Gasteiger partial charge in [-0.05, 0) is 35.0 Å². The molecular weight excluding hydrogens is 242 g/mol. The minimum Gasteiger partial charge on any atom is -0.370 e. The molecule has 0 saturated heterocycles. The molecule has 0 fully saturated rings. The maximum absolute atomic E-state index is 4.21. The van der Waals surface area contributed by atoms with Gasteiger partial charge in [0.1, 0.15) is 0 Å². The van der Waals surface area contributed by atoms with Crippen molar-refractivity contribution in [1.29, 1.82) is 0 Å². The molecule has 2 heterocycles. The van der Waals surface area contributed by atoms with Crippen LogP contribution in [0.3, 0.4) is 0 Å². The van der Waals surface area contributed by atoms with Crippen molar-refractivity contribution in [3.63, 3.8) is 0 Å². The Morgan fingerprint density at radius 1 is 1.39 bits per heavy atom. The highest BCUT2D eigenvalue weighted by atomic mass is 32.1. The molecule has 0 bridgehead atoms. The number of anilines is 1. The Bertz CT molecular complexity index is 468. The minimum absolute atomic E-state index is 0.869. The van der Waals surface area contributed by atoms with Gasteiger partial charge in [0.25, 0.3) is 0 Å². The van der Waals surface area contributed by atoms with Crippen LogP contribution in [-0.4, -0.2) is 18.6 Å². The summed E-state index contributed by atoms with van der Waals surface area (Å²) >= 11 is 1.74. The monoisotopic (exact) mass is 261 g/mol. The van der Waals surface area contributed by atoms with E-state index in [-0.39, 0.29) is 0 Å². The van der Waals surface area contributed by atoms with Gasteiger partial charge in [0.05, 0.1) is 0 Å². The molecule has 2 aromatic rings. The third-order valence-corrected chi connectivity index (χ3v) is 3.59. The van der Waals surface area contributed by atoms with Crippen molar-refractivity contribution < 1.29 is 0 Å². The Balaban J connectivity index is 2.11. The Labute approximate surface area is 112 Å². The van der Waals surface area contributed by atoms with Crippen LogP contribution in [0, 0.1) is 0 Å². The third-order valence-electron chi connectivity index (χ3n) is 2.85. The molecule has 0 radical (unpaired) electrons. The molecule has 1 N–H and O–H groups in total. The van der Waals surface area contributed by atoms with E-state index in [1.165, 1.54) is 16.8 Å². The summed E-state index contributed by atoms with van der Waals surface area (Å²) in [6.07, 6.45) is 3.80. The second kappa shape index (κ2) is 6.52. The van der Waals surface area contributed by atoms with Crippen LogP contribution in [-0.2, 0) is 13.1 Å². The summed E-state index contributed by atoms with van der Waals surface area (Å²) in [6.45, 7) is 4.90. The molecule has 0 aliphatic carbocycles. The smallest absolute Gasteiger partial charge is 0.0443 e. The summed E-state index contributed by atoms with van der Waals surface area (Å²) in [4.78, 5) is 6.49. The van der Waals surface area contributed by atoms with Crippen molar-refractivity contribution in [2.24, 2.45) is 0 Å². The largest absolute Gasteiger partial charge is 0.370 e. The van der Waals surface area contributed by atoms with Crippen LogP contribution in [0.1, 0.15) is 18.1 Å². The topological polar surface area (TPSA) is 28.2 Å². The van der Waals surface area contributed by atoms with Crippen molar-refractivity contribution in [2.45, 2.75) is 20.0 Å². The van der Waals surface area contributed by atoms with Gasteiger partial charge < -0.3 is 10.2 Å². The zero-order chi connectivity index (χ0) is 12.8. The fourth-order valence-electron chi connectivity index (χ4n) is 1.93. The van der Waals surface area contributed by atoms with Gasteiger partial charge in [-0.1, -0.05) is 6.92 Å². The fourth-order valence-corrected chi connectivity index (χ4v) is 2.59. The van der Waals surface area contributed by atoms with Crippen molar-refractivity contribution in [1.82, 2.24) is 10.3 Å². The first-order chi connectivity index (χ1) is 8.81. The summed E-state index contributed by atoms with van der Waals surface area (Å²) in [7, 11) is 2.13. The van der Waals surface area contributed by atoms with Crippen LogP contribution < -0.4 is 10.2 Å². The van der Waals surface area contributed by atoms with Crippen LogP contribution in [0.4, 0.5) is 5.69 Å². The first-order valence-electron chi connectivity index (χ1n) is 6.17. The van der Waals surface area contributed by atoms with Crippen molar-refractivity contribution in [3.8, 4) is 0 Å². The van der Waals surface area contributed by atoms with Crippen LogP contribution in [0.2, 0.25) is 0 Å². The highest BCUT2D eigenvalue weighted by Crippen LogP contribution is 2.20. The normalized spacial score (nSPS) is 10.6. The van der Waals surface area contributed by atoms with E-state index in [4.69, 9.17) is 0 Å². The maximum atomic E-state index is 4.21. The van der Waals surface area contributed by atoms with Gasteiger partial charge >= 0.3 is 0 Å². The summed E-state index contributed by atoms with van der Waals surface area (Å²) in [5.41, 5.74) is 3.85. The Kier molecular flexibility index (Phi) is 4.73. The molecule has 18 heavy (non-hydrogen) atoms. The van der Waals surface area contributed by atoms with E-state index in [1.54, 1.807) is 11.3 Å². The second-order valence-electron chi connectivity index (χ2n) is 4.27. The second-order valence-corrected chi connectivity index (χ2v) is 5.05. The standard InChI is InChI=1S/C14H19N3S/c1-3-15-8-13-9-16-6-4-14(13)17(2)10-12-5-7-18-11-12/h4-7,9,11,15H,3,8,10H2,1-2H3. The number of aromatic nitrogens is 1. The molecule has 0 saturated carbocycles. The number of hydrogen-bond donors (Lipinski definition) is 1. The summed E-state index contributed by atoms with van der Waals surface area (Å²) in [5, 5.41) is 7.67. The molecule has 0 amide bonds. The van der Waals surface area contributed by atoms with Gasteiger partial charge in [-0.3, -0.25) is 4.98 Å². The molecule has 0 aliphatic rings. The number of hydrogen-bond acceptors (Lipinski definition) is 4. The SMILES string of the molecule is CCNCc1cnccc1N(C)Cc1ccsc1. The third kappa shape index (κ3) is 3.31. The molecule has 0 spiro atoms. The van der Waals surface area contributed by atoms with E-state index in [2.05, 4.69) is 52.1 Å². The Morgan fingerprint density at radius 3 is 3.00 bits per heavy atom. The van der Waals surface area contributed by atoms with Crippen molar-refractivity contribution in [3.05, 3.63) is 46.4 Å². The number of nitrogens with one attached hydrogen (secondary N) is 1. The minimum atomic E-state index is 0.869. The molecule has 0 unspecified atom stereocenters. The first-order valence-corrected chi connectivity index (χ1v) is 7.11. The number of pyridine rings is 1. The first kappa shape index (κ1) is 13.1. The van der Waals surface area contributed by atoms with E-state index in [1.807, 2.05) is 12.4 Å². The molecule has 4 heteroatoms. The van der Waals surface area contributed by atoms with Crippen LogP contribution in [0.25, 0.3) is 0 Å². The van der Waals surface area contributed by atoms with E-state index < -0.39 is 0 Å². The Hall–Kier alpha value is -1.39. The molecule has 0 atom stereocenters. The summed E-state index contributed by atoms with van der Waals surface area (Å²) < 4.78 is 0. The van der Waals surface area contributed by atoms with E-state index in [9.17, 15) is 0 Å². The van der Waals surface area contributed by atoms with Crippen LogP contribution in [0.5, 0.6) is 0 Å². The molecule has 96 valence electrons. The van der Waals surface area contributed by atoms with Crippen LogP contribution in [0.15, 0.2) is 35.3 Å². The summed E-state index contributed by atoms with van der Waals surface area (Å²) in [6, 6.07) is 4.26. The van der Waals surface area contributed by atoms with Gasteiger partial charge in [-0.15, -0.1) is 0 Å². The lowest BCUT2D eigenvalue weighted by molar-refractivity contribution is 0.720.